The third-order valence-corrected chi connectivity index (χ3v) is 7.77. The molecule has 0 amide bonds. The standard InChI is InChI=1S/C19H26N2O5S/c1-20(2)13-15-12-19(18(22)26-15)6-8-21(9-7-19)27(23,24)16-3-4-17-14(11-16)5-10-25-17/h3-4,11,15H,5-10,12-13H2,1-2H3. The number of carbonyl (C=O) groups is 1. The van der Waals surface area contributed by atoms with Crippen LogP contribution in [0.25, 0.3) is 0 Å². The number of piperidine rings is 1. The van der Waals surface area contributed by atoms with Crippen LogP contribution in [-0.2, 0) is 26.0 Å². The Morgan fingerprint density at radius 1 is 1.26 bits per heavy atom. The number of likely N-dealkylation sites (N-methyl/N-ethyl adjacent to an activating group) is 1. The minimum atomic E-state index is -3.56. The van der Waals surface area contributed by atoms with E-state index in [4.69, 9.17) is 9.47 Å². The monoisotopic (exact) mass is 394 g/mol. The molecule has 3 aliphatic rings. The molecule has 0 bridgehead atoms. The smallest absolute Gasteiger partial charge is 0.312 e. The van der Waals surface area contributed by atoms with Crippen LogP contribution in [0, 0.1) is 5.41 Å². The van der Waals surface area contributed by atoms with Crippen LogP contribution < -0.4 is 4.74 Å². The van der Waals surface area contributed by atoms with E-state index in [1.165, 1.54) is 4.31 Å². The van der Waals surface area contributed by atoms with Crippen molar-refractivity contribution in [1.82, 2.24) is 9.21 Å². The zero-order valence-corrected chi connectivity index (χ0v) is 16.6. The second-order valence-corrected chi connectivity index (χ2v) is 9.98. The lowest BCUT2D eigenvalue weighted by atomic mass is 9.76. The van der Waals surface area contributed by atoms with Crippen molar-refractivity contribution in [3.8, 4) is 5.75 Å². The van der Waals surface area contributed by atoms with E-state index in [9.17, 15) is 13.2 Å². The van der Waals surface area contributed by atoms with Crippen LogP contribution in [0.2, 0.25) is 0 Å². The Bertz CT molecular complexity index is 844. The molecular weight excluding hydrogens is 368 g/mol. The maximum Gasteiger partial charge on any atom is 0.312 e. The summed E-state index contributed by atoms with van der Waals surface area (Å²) in [6, 6.07) is 5.07. The van der Waals surface area contributed by atoms with E-state index in [-0.39, 0.29) is 12.1 Å². The minimum Gasteiger partial charge on any atom is -0.493 e. The van der Waals surface area contributed by atoms with Crippen molar-refractivity contribution in [3.63, 3.8) is 0 Å². The molecule has 0 radical (unpaired) electrons. The number of rotatable bonds is 4. The van der Waals surface area contributed by atoms with Crippen molar-refractivity contribution in [3.05, 3.63) is 23.8 Å². The summed E-state index contributed by atoms with van der Waals surface area (Å²) in [7, 11) is 0.346. The van der Waals surface area contributed by atoms with Gasteiger partial charge in [-0.3, -0.25) is 4.79 Å². The largest absolute Gasteiger partial charge is 0.493 e. The zero-order chi connectivity index (χ0) is 19.2. The number of cyclic esters (lactones) is 1. The van der Waals surface area contributed by atoms with Gasteiger partial charge in [0.2, 0.25) is 10.0 Å². The van der Waals surface area contributed by atoms with Crippen LogP contribution in [-0.4, -0.2) is 70.0 Å². The summed E-state index contributed by atoms with van der Waals surface area (Å²) in [5.74, 6) is 0.605. The molecule has 4 rings (SSSR count). The van der Waals surface area contributed by atoms with Crippen LogP contribution in [0.4, 0.5) is 0 Å². The van der Waals surface area contributed by atoms with Crippen molar-refractivity contribution in [1.29, 1.82) is 0 Å². The summed E-state index contributed by atoms with van der Waals surface area (Å²) in [5, 5.41) is 0. The van der Waals surface area contributed by atoms with Crippen molar-refractivity contribution in [2.24, 2.45) is 5.41 Å². The summed E-state index contributed by atoms with van der Waals surface area (Å²) < 4.78 is 38.6. The molecule has 1 unspecified atom stereocenters. The molecule has 0 saturated carbocycles. The van der Waals surface area contributed by atoms with Gasteiger partial charge in [-0.2, -0.15) is 4.31 Å². The molecular formula is C19H26N2O5S. The van der Waals surface area contributed by atoms with Crippen molar-refractivity contribution >= 4 is 16.0 Å². The van der Waals surface area contributed by atoms with Gasteiger partial charge in [-0.25, -0.2) is 8.42 Å². The van der Waals surface area contributed by atoms with E-state index in [2.05, 4.69) is 0 Å². The fraction of sp³-hybridized carbons (Fsp3) is 0.632. The first-order valence-electron chi connectivity index (χ1n) is 9.42. The molecule has 3 aliphatic heterocycles. The van der Waals surface area contributed by atoms with E-state index in [1.807, 2.05) is 19.0 Å². The summed E-state index contributed by atoms with van der Waals surface area (Å²) in [5.41, 5.74) is 0.411. The molecule has 1 spiro atoms. The van der Waals surface area contributed by atoms with Gasteiger partial charge in [0.05, 0.1) is 16.9 Å². The zero-order valence-electron chi connectivity index (χ0n) is 15.8. The summed E-state index contributed by atoms with van der Waals surface area (Å²) in [6.07, 6.45) is 2.34. The SMILES string of the molecule is CN(C)CC1CC2(CCN(S(=O)(=O)c3ccc4c(c3)CCO4)CC2)C(=O)O1. The molecule has 0 N–H and O–H groups in total. The minimum absolute atomic E-state index is 0.104. The molecule has 2 fully saturated rings. The van der Waals surface area contributed by atoms with Crippen molar-refractivity contribution in [2.75, 3.05) is 40.3 Å². The highest BCUT2D eigenvalue weighted by Crippen LogP contribution is 2.44. The maximum absolute atomic E-state index is 13.0. The third kappa shape index (κ3) is 3.34. The van der Waals surface area contributed by atoms with Crippen molar-refractivity contribution in [2.45, 2.75) is 36.7 Å². The second kappa shape index (κ2) is 6.76. The number of fused-ring (bicyclic) bond motifs is 1. The fourth-order valence-corrected chi connectivity index (χ4v) is 5.87. The highest BCUT2D eigenvalue weighted by atomic mass is 32.2. The van der Waals surface area contributed by atoms with Crippen LogP contribution >= 0.6 is 0 Å². The highest BCUT2D eigenvalue weighted by molar-refractivity contribution is 7.89. The molecule has 3 heterocycles. The summed E-state index contributed by atoms with van der Waals surface area (Å²) >= 11 is 0. The number of benzene rings is 1. The lowest BCUT2D eigenvalue weighted by Gasteiger charge is -2.35. The van der Waals surface area contributed by atoms with Crippen LogP contribution in [0.15, 0.2) is 23.1 Å². The molecule has 0 aromatic heterocycles. The Balaban J connectivity index is 1.46. The molecule has 27 heavy (non-hydrogen) atoms. The Labute approximate surface area is 160 Å². The van der Waals surface area contributed by atoms with Gasteiger partial charge >= 0.3 is 5.97 Å². The normalized spacial score (nSPS) is 24.9. The number of ether oxygens (including phenoxy) is 2. The second-order valence-electron chi connectivity index (χ2n) is 8.05. The highest BCUT2D eigenvalue weighted by Gasteiger charge is 2.51. The lowest BCUT2D eigenvalue weighted by molar-refractivity contribution is -0.150. The summed E-state index contributed by atoms with van der Waals surface area (Å²) in [6.45, 7) is 1.99. The van der Waals surface area contributed by atoms with Crippen LogP contribution in [0.3, 0.4) is 0 Å². The average Bonchev–Trinajstić information content (AvgIpc) is 3.19. The van der Waals surface area contributed by atoms with Gasteiger partial charge in [-0.1, -0.05) is 0 Å². The Morgan fingerprint density at radius 3 is 2.70 bits per heavy atom. The maximum atomic E-state index is 13.0. The van der Waals surface area contributed by atoms with E-state index >= 15 is 0 Å². The fourth-order valence-electron chi connectivity index (χ4n) is 4.38. The molecule has 148 valence electrons. The topological polar surface area (TPSA) is 76.2 Å². The molecule has 7 nitrogen and oxygen atoms in total. The Hall–Kier alpha value is -1.64. The lowest BCUT2D eigenvalue weighted by Crippen LogP contribution is -2.45. The molecule has 1 aromatic rings. The number of hydrogen-bond donors (Lipinski definition) is 0. The average molecular weight is 394 g/mol. The first-order chi connectivity index (χ1) is 12.8. The van der Waals surface area contributed by atoms with Gasteiger partial charge in [-0.15, -0.1) is 0 Å². The van der Waals surface area contributed by atoms with Gasteiger partial charge in [0.15, 0.2) is 0 Å². The van der Waals surface area contributed by atoms with Crippen molar-refractivity contribution < 1.29 is 22.7 Å². The molecule has 1 aromatic carbocycles. The van der Waals surface area contributed by atoms with Gasteiger partial charge < -0.3 is 14.4 Å². The summed E-state index contributed by atoms with van der Waals surface area (Å²) in [4.78, 5) is 14.8. The molecule has 8 heteroatoms. The van der Waals surface area contributed by atoms with E-state index < -0.39 is 15.4 Å². The number of nitrogens with zero attached hydrogens (tertiary/aromatic N) is 2. The Kier molecular flexibility index (Phi) is 4.68. The van der Waals surface area contributed by atoms with Gasteiger partial charge in [0, 0.05) is 32.5 Å². The molecule has 1 atom stereocenters. The van der Waals surface area contributed by atoms with Gasteiger partial charge in [0.25, 0.3) is 0 Å². The first kappa shape index (κ1) is 18.7. The third-order valence-electron chi connectivity index (χ3n) is 5.87. The van der Waals surface area contributed by atoms with E-state index in [0.717, 1.165) is 17.7 Å². The Morgan fingerprint density at radius 2 is 2.00 bits per heavy atom. The molecule has 0 aliphatic carbocycles. The van der Waals surface area contributed by atoms with Gasteiger partial charge in [0.1, 0.15) is 11.9 Å². The van der Waals surface area contributed by atoms with Crippen LogP contribution in [0.5, 0.6) is 5.75 Å². The number of sulfonamides is 1. The number of hydrogen-bond acceptors (Lipinski definition) is 6. The number of esters is 1. The predicted molar refractivity (Wildman–Crippen MR) is 99.1 cm³/mol. The number of carbonyl (C=O) groups excluding carboxylic acids is 1. The predicted octanol–water partition coefficient (Wildman–Crippen LogP) is 1.27. The van der Waals surface area contributed by atoms with Gasteiger partial charge in [-0.05, 0) is 50.7 Å². The van der Waals surface area contributed by atoms with E-state index in [0.29, 0.717) is 50.4 Å². The first-order valence-corrected chi connectivity index (χ1v) is 10.9. The van der Waals surface area contributed by atoms with E-state index in [1.54, 1.807) is 18.2 Å². The van der Waals surface area contributed by atoms with Crippen LogP contribution in [0.1, 0.15) is 24.8 Å². The molecule has 2 saturated heterocycles. The quantitative estimate of drug-likeness (QED) is 0.716.